The van der Waals surface area contributed by atoms with Crippen LogP contribution in [0.5, 0.6) is 0 Å². The summed E-state index contributed by atoms with van der Waals surface area (Å²) in [6.45, 7) is 3.77. The first-order chi connectivity index (χ1) is 9.19. The molecule has 104 valence electrons. The number of amides is 1. The highest BCUT2D eigenvalue weighted by molar-refractivity contribution is 5.83. The molecule has 1 amide bonds. The van der Waals surface area contributed by atoms with E-state index >= 15 is 0 Å². The Labute approximate surface area is 115 Å². The molecule has 19 heavy (non-hydrogen) atoms. The van der Waals surface area contributed by atoms with Gasteiger partial charge >= 0.3 is 0 Å². The molecule has 1 aliphatic carbocycles. The Morgan fingerprint density at radius 3 is 2.58 bits per heavy atom. The Bertz CT molecular complexity index is 381. The van der Waals surface area contributed by atoms with Gasteiger partial charge in [0.2, 0.25) is 5.91 Å². The van der Waals surface area contributed by atoms with Crippen LogP contribution in [0.15, 0.2) is 12.7 Å². The topological polar surface area (TPSA) is 70.1 Å². The third-order valence-electron chi connectivity index (χ3n) is 4.55. The molecule has 2 aliphatic rings. The maximum Gasteiger partial charge on any atom is 0.241 e. The van der Waals surface area contributed by atoms with Gasteiger partial charge in [0.25, 0.3) is 0 Å². The summed E-state index contributed by atoms with van der Waals surface area (Å²) in [5.41, 5.74) is 6.17. The molecule has 0 aromatic heterocycles. The minimum Gasteiger partial charge on any atom is -0.320 e. The molecule has 0 radical (unpaired) electrons. The number of likely N-dealkylation sites (tertiary alicyclic amines) is 1. The summed E-state index contributed by atoms with van der Waals surface area (Å²) >= 11 is 0. The van der Waals surface area contributed by atoms with Crippen LogP contribution in [-0.2, 0) is 4.79 Å². The van der Waals surface area contributed by atoms with Crippen molar-refractivity contribution in [2.24, 2.45) is 11.7 Å². The van der Waals surface area contributed by atoms with E-state index in [4.69, 9.17) is 5.73 Å². The average molecular weight is 261 g/mol. The number of carbonyl (C=O) groups is 1. The van der Waals surface area contributed by atoms with Gasteiger partial charge in [-0.05, 0) is 31.6 Å². The fourth-order valence-corrected chi connectivity index (χ4v) is 3.38. The van der Waals surface area contributed by atoms with Crippen LogP contribution < -0.4 is 5.73 Å². The SMILES string of the molecule is C=C[C@H]1CC[C@H](C#N)N1C(=O)[C@@H](N)C1CCCCC1. The summed E-state index contributed by atoms with van der Waals surface area (Å²) < 4.78 is 0. The molecule has 1 saturated carbocycles. The van der Waals surface area contributed by atoms with Crippen molar-refractivity contribution in [3.8, 4) is 6.07 Å². The number of carbonyl (C=O) groups excluding carboxylic acids is 1. The van der Waals surface area contributed by atoms with E-state index in [-0.39, 0.29) is 23.9 Å². The van der Waals surface area contributed by atoms with Crippen LogP contribution in [-0.4, -0.2) is 28.9 Å². The molecule has 3 atom stereocenters. The Kier molecular flexibility index (Phi) is 4.60. The Balaban J connectivity index is 2.07. The third kappa shape index (κ3) is 2.82. The quantitative estimate of drug-likeness (QED) is 0.789. The maximum absolute atomic E-state index is 12.6. The molecule has 1 aliphatic heterocycles. The van der Waals surface area contributed by atoms with Crippen molar-refractivity contribution in [2.75, 3.05) is 0 Å². The predicted molar refractivity (Wildman–Crippen MR) is 74.0 cm³/mol. The molecule has 0 bridgehead atoms. The lowest BCUT2D eigenvalue weighted by molar-refractivity contribution is -0.135. The molecule has 1 saturated heterocycles. The smallest absolute Gasteiger partial charge is 0.241 e. The maximum atomic E-state index is 12.6. The first-order valence-electron chi connectivity index (χ1n) is 7.29. The van der Waals surface area contributed by atoms with E-state index in [1.165, 1.54) is 6.42 Å². The Morgan fingerprint density at radius 2 is 2.00 bits per heavy atom. The van der Waals surface area contributed by atoms with Crippen LogP contribution in [0.25, 0.3) is 0 Å². The lowest BCUT2D eigenvalue weighted by Crippen LogP contribution is -2.51. The molecule has 2 fully saturated rings. The van der Waals surface area contributed by atoms with Gasteiger partial charge in [-0.1, -0.05) is 25.3 Å². The molecule has 0 aromatic rings. The highest BCUT2D eigenvalue weighted by Crippen LogP contribution is 2.30. The van der Waals surface area contributed by atoms with Crippen molar-refractivity contribution in [3.63, 3.8) is 0 Å². The van der Waals surface area contributed by atoms with Crippen molar-refractivity contribution in [1.29, 1.82) is 5.26 Å². The molecule has 0 spiro atoms. The highest BCUT2D eigenvalue weighted by atomic mass is 16.2. The van der Waals surface area contributed by atoms with Crippen molar-refractivity contribution in [3.05, 3.63) is 12.7 Å². The van der Waals surface area contributed by atoms with Gasteiger partial charge in [0.1, 0.15) is 6.04 Å². The first kappa shape index (κ1) is 14.1. The Morgan fingerprint density at radius 1 is 1.32 bits per heavy atom. The minimum absolute atomic E-state index is 0.0215. The van der Waals surface area contributed by atoms with Gasteiger partial charge < -0.3 is 10.6 Å². The summed E-state index contributed by atoms with van der Waals surface area (Å²) in [7, 11) is 0. The van der Waals surface area contributed by atoms with Crippen LogP contribution in [0.4, 0.5) is 0 Å². The van der Waals surface area contributed by atoms with E-state index < -0.39 is 6.04 Å². The van der Waals surface area contributed by atoms with Gasteiger partial charge in [-0.25, -0.2) is 0 Å². The van der Waals surface area contributed by atoms with E-state index in [1.54, 1.807) is 11.0 Å². The molecule has 0 aromatic carbocycles. The lowest BCUT2D eigenvalue weighted by atomic mass is 9.83. The largest absolute Gasteiger partial charge is 0.320 e. The standard InChI is InChI=1S/C15H23N3O/c1-2-12-8-9-13(10-16)18(12)15(19)14(17)11-6-4-3-5-7-11/h2,11-14H,1,3-9,17H2/t12-,13+,14-/m0/s1. The van der Waals surface area contributed by atoms with Crippen LogP contribution in [0.1, 0.15) is 44.9 Å². The van der Waals surface area contributed by atoms with Gasteiger partial charge in [-0.15, -0.1) is 6.58 Å². The van der Waals surface area contributed by atoms with Gasteiger partial charge in [0, 0.05) is 0 Å². The summed E-state index contributed by atoms with van der Waals surface area (Å²) in [5, 5.41) is 9.17. The second-order valence-corrected chi connectivity index (χ2v) is 5.69. The van der Waals surface area contributed by atoms with Crippen LogP contribution in [0, 0.1) is 17.2 Å². The minimum atomic E-state index is -0.448. The molecular formula is C15H23N3O. The molecule has 2 N–H and O–H groups in total. The van der Waals surface area contributed by atoms with Gasteiger partial charge in [0.15, 0.2) is 0 Å². The molecule has 4 heteroatoms. The number of hydrogen-bond donors (Lipinski definition) is 1. The number of rotatable bonds is 3. The fraction of sp³-hybridized carbons (Fsp3) is 0.733. The molecular weight excluding hydrogens is 238 g/mol. The molecule has 4 nitrogen and oxygen atoms in total. The van der Waals surface area contributed by atoms with E-state index in [0.717, 1.165) is 38.5 Å². The Hall–Kier alpha value is -1.34. The van der Waals surface area contributed by atoms with Gasteiger partial charge in [-0.2, -0.15) is 5.26 Å². The summed E-state index contributed by atoms with van der Waals surface area (Å²) in [5.74, 6) is 0.229. The van der Waals surface area contributed by atoms with Crippen molar-refractivity contribution < 1.29 is 4.79 Å². The zero-order valence-corrected chi connectivity index (χ0v) is 11.4. The highest BCUT2D eigenvalue weighted by Gasteiger charge is 2.39. The van der Waals surface area contributed by atoms with Crippen molar-refractivity contribution in [2.45, 2.75) is 63.1 Å². The summed E-state index contributed by atoms with van der Waals surface area (Å²) in [6.07, 6.45) is 8.98. The first-order valence-corrected chi connectivity index (χ1v) is 7.29. The number of nitriles is 1. The average Bonchev–Trinajstić information content (AvgIpc) is 2.89. The van der Waals surface area contributed by atoms with E-state index in [2.05, 4.69) is 12.6 Å². The molecule has 1 heterocycles. The van der Waals surface area contributed by atoms with E-state index in [0.29, 0.717) is 0 Å². The predicted octanol–water partition coefficient (Wildman–Crippen LogP) is 1.96. The third-order valence-corrected chi connectivity index (χ3v) is 4.55. The van der Waals surface area contributed by atoms with Crippen molar-refractivity contribution in [1.82, 2.24) is 4.90 Å². The second kappa shape index (κ2) is 6.21. The van der Waals surface area contributed by atoms with E-state index in [9.17, 15) is 10.1 Å². The normalized spacial score (nSPS) is 29.8. The second-order valence-electron chi connectivity index (χ2n) is 5.69. The summed E-state index contributed by atoms with van der Waals surface area (Å²) in [4.78, 5) is 14.3. The van der Waals surface area contributed by atoms with Gasteiger partial charge in [0.05, 0.1) is 18.2 Å². The van der Waals surface area contributed by atoms with Crippen LogP contribution >= 0.6 is 0 Å². The van der Waals surface area contributed by atoms with Crippen LogP contribution in [0.3, 0.4) is 0 Å². The number of nitrogens with two attached hydrogens (primary N) is 1. The van der Waals surface area contributed by atoms with Crippen molar-refractivity contribution >= 4 is 5.91 Å². The van der Waals surface area contributed by atoms with Gasteiger partial charge in [-0.3, -0.25) is 4.79 Å². The van der Waals surface area contributed by atoms with Crippen LogP contribution in [0.2, 0.25) is 0 Å². The zero-order chi connectivity index (χ0) is 13.8. The number of hydrogen-bond acceptors (Lipinski definition) is 3. The molecule has 0 unspecified atom stereocenters. The lowest BCUT2D eigenvalue weighted by Gasteiger charge is -2.33. The summed E-state index contributed by atoms with van der Waals surface area (Å²) in [6, 6.07) is 1.42. The zero-order valence-electron chi connectivity index (χ0n) is 11.4. The monoisotopic (exact) mass is 261 g/mol. The van der Waals surface area contributed by atoms with E-state index in [1.807, 2.05) is 0 Å². The fourth-order valence-electron chi connectivity index (χ4n) is 3.38. The molecule has 2 rings (SSSR count). The number of nitrogens with zero attached hydrogens (tertiary/aromatic N) is 2.